The molecule has 0 amide bonds. The predicted molar refractivity (Wildman–Crippen MR) is 67.6 cm³/mol. The quantitative estimate of drug-likeness (QED) is 0.656. The maximum atomic E-state index is 11.6. The maximum Gasteiger partial charge on any atom is 0.378 e. The summed E-state index contributed by atoms with van der Waals surface area (Å²) in [6.45, 7) is 1.53. The minimum atomic E-state index is -0.620. The number of hydrogen-bond acceptors (Lipinski definition) is 7. The van der Waals surface area contributed by atoms with E-state index in [4.69, 9.17) is 26.7 Å². The standard InChI is InChI=1S/C11H11ClN4O3/c1-6(14-13)10-11(17)19-15-16(10)8-4-3-7(12)5-9(8)18-2/h3-5,13,15H,1-2H3/b10-6+,14-13?. The van der Waals surface area contributed by atoms with Crippen LogP contribution >= 0.6 is 11.6 Å². The number of allylic oxidation sites excluding steroid dienone is 1. The Hall–Kier alpha value is -2.12. The number of methoxy groups -OCH3 is 1. The summed E-state index contributed by atoms with van der Waals surface area (Å²) in [5.41, 5.74) is 10.3. The van der Waals surface area contributed by atoms with E-state index in [9.17, 15) is 4.79 Å². The van der Waals surface area contributed by atoms with E-state index in [1.807, 2.05) is 0 Å². The maximum absolute atomic E-state index is 11.6. The van der Waals surface area contributed by atoms with Gasteiger partial charge in [-0.1, -0.05) is 17.2 Å². The van der Waals surface area contributed by atoms with Crippen molar-refractivity contribution in [2.75, 3.05) is 12.1 Å². The Kier molecular flexibility index (Phi) is 3.68. The predicted octanol–water partition coefficient (Wildman–Crippen LogP) is 2.39. The number of rotatable bonds is 3. The largest absolute Gasteiger partial charge is 0.494 e. The Morgan fingerprint density at radius 1 is 1.58 bits per heavy atom. The van der Waals surface area contributed by atoms with Crippen molar-refractivity contribution in [2.45, 2.75) is 6.92 Å². The van der Waals surface area contributed by atoms with Crippen LogP contribution in [0.15, 0.2) is 34.7 Å². The Morgan fingerprint density at radius 3 is 2.95 bits per heavy atom. The third-order valence-corrected chi connectivity index (χ3v) is 2.77. The molecule has 2 N–H and O–H groups in total. The Balaban J connectivity index is 2.52. The first-order valence-electron chi connectivity index (χ1n) is 5.27. The van der Waals surface area contributed by atoms with E-state index in [1.54, 1.807) is 18.2 Å². The van der Waals surface area contributed by atoms with Gasteiger partial charge in [-0.15, -0.1) is 0 Å². The molecule has 1 fully saturated rings. The van der Waals surface area contributed by atoms with Gasteiger partial charge in [0.25, 0.3) is 0 Å². The van der Waals surface area contributed by atoms with Gasteiger partial charge >= 0.3 is 5.97 Å². The second-order valence-electron chi connectivity index (χ2n) is 3.68. The van der Waals surface area contributed by atoms with Gasteiger partial charge < -0.3 is 9.57 Å². The highest BCUT2D eigenvalue weighted by Crippen LogP contribution is 2.34. The molecule has 0 aliphatic carbocycles. The molecule has 1 aliphatic rings. The van der Waals surface area contributed by atoms with Crippen LogP contribution in [0, 0.1) is 5.53 Å². The normalized spacial score (nSPS) is 17.2. The van der Waals surface area contributed by atoms with Crippen LogP contribution in [-0.4, -0.2) is 13.1 Å². The van der Waals surface area contributed by atoms with E-state index in [0.717, 1.165) is 0 Å². The smallest absolute Gasteiger partial charge is 0.378 e. The lowest BCUT2D eigenvalue weighted by Gasteiger charge is -2.18. The summed E-state index contributed by atoms with van der Waals surface area (Å²) in [5.74, 6) is -0.168. The Bertz CT molecular complexity index is 573. The van der Waals surface area contributed by atoms with E-state index < -0.39 is 5.97 Å². The third-order valence-electron chi connectivity index (χ3n) is 2.54. The highest BCUT2D eigenvalue weighted by Gasteiger charge is 2.33. The van der Waals surface area contributed by atoms with Crippen molar-refractivity contribution in [2.24, 2.45) is 5.11 Å². The number of carbonyl (C=O) groups is 1. The van der Waals surface area contributed by atoms with E-state index in [0.29, 0.717) is 16.5 Å². The molecule has 2 rings (SSSR count). The van der Waals surface area contributed by atoms with E-state index >= 15 is 0 Å². The number of nitrogens with one attached hydrogen (secondary N) is 2. The molecule has 0 aromatic heterocycles. The first-order valence-corrected chi connectivity index (χ1v) is 5.65. The molecular weight excluding hydrogens is 272 g/mol. The van der Waals surface area contributed by atoms with Crippen LogP contribution in [0.5, 0.6) is 5.75 Å². The Labute approximate surface area is 114 Å². The van der Waals surface area contributed by atoms with Crippen molar-refractivity contribution in [1.29, 1.82) is 5.53 Å². The lowest BCUT2D eigenvalue weighted by Crippen LogP contribution is -2.29. The van der Waals surface area contributed by atoms with Gasteiger partial charge in [0, 0.05) is 11.1 Å². The molecule has 1 aliphatic heterocycles. The molecule has 1 heterocycles. The second kappa shape index (κ2) is 5.25. The summed E-state index contributed by atoms with van der Waals surface area (Å²) in [4.78, 5) is 16.4. The number of benzene rings is 1. The third kappa shape index (κ3) is 2.38. The van der Waals surface area contributed by atoms with Crippen molar-refractivity contribution >= 4 is 23.3 Å². The summed E-state index contributed by atoms with van der Waals surface area (Å²) in [6.07, 6.45) is 0. The van der Waals surface area contributed by atoms with E-state index in [1.165, 1.54) is 19.0 Å². The van der Waals surface area contributed by atoms with Crippen LogP contribution < -0.4 is 15.3 Å². The molecule has 7 nitrogen and oxygen atoms in total. The van der Waals surface area contributed by atoms with Gasteiger partial charge in [0.05, 0.1) is 12.8 Å². The molecule has 0 spiro atoms. The number of ether oxygens (including phenoxy) is 1. The van der Waals surface area contributed by atoms with Crippen LogP contribution in [-0.2, 0) is 9.63 Å². The summed E-state index contributed by atoms with van der Waals surface area (Å²) in [6, 6.07) is 4.91. The topological polar surface area (TPSA) is 87.0 Å². The highest BCUT2D eigenvalue weighted by atomic mass is 35.5. The molecule has 19 heavy (non-hydrogen) atoms. The van der Waals surface area contributed by atoms with Crippen molar-refractivity contribution in [3.63, 3.8) is 0 Å². The molecule has 8 heteroatoms. The number of hydrogen-bond donors (Lipinski definition) is 2. The minimum Gasteiger partial charge on any atom is -0.494 e. The van der Waals surface area contributed by atoms with Crippen LogP contribution in [0.2, 0.25) is 5.02 Å². The molecule has 0 atom stereocenters. The molecule has 0 unspecified atom stereocenters. The number of halogens is 1. The molecule has 1 aromatic carbocycles. The van der Waals surface area contributed by atoms with Gasteiger partial charge in [-0.05, 0) is 19.1 Å². The van der Waals surface area contributed by atoms with Gasteiger partial charge in [0.1, 0.15) is 11.4 Å². The SMILES string of the molecule is COc1cc(Cl)ccc1N1NOC(=O)/C1=C(/C)N=N. The fourth-order valence-electron chi connectivity index (χ4n) is 1.64. The zero-order chi connectivity index (χ0) is 14.0. The van der Waals surface area contributed by atoms with Crippen molar-refractivity contribution in [1.82, 2.24) is 5.59 Å². The average Bonchev–Trinajstić information content (AvgIpc) is 2.79. The molecule has 100 valence electrons. The van der Waals surface area contributed by atoms with Crippen LogP contribution in [0.25, 0.3) is 0 Å². The zero-order valence-electron chi connectivity index (χ0n) is 10.2. The first kappa shape index (κ1) is 13.3. The lowest BCUT2D eigenvalue weighted by molar-refractivity contribution is -0.140. The van der Waals surface area contributed by atoms with Crippen LogP contribution in [0.1, 0.15) is 6.92 Å². The zero-order valence-corrected chi connectivity index (χ0v) is 11.0. The van der Waals surface area contributed by atoms with Crippen molar-refractivity contribution in [3.05, 3.63) is 34.6 Å². The number of nitrogens with zero attached hydrogens (tertiary/aromatic N) is 2. The van der Waals surface area contributed by atoms with Crippen LogP contribution in [0.3, 0.4) is 0 Å². The molecule has 0 bridgehead atoms. The summed E-state index contributed by atoms with van der Waals surface area (Å²) in [5, 5.41) is 5.10. The molecular formula is C11H11ClN4O3. The van der Waals surface area contributed by atoms with Gasteiger partial charge in [0.2, 0.25) is 0 Å². The first-order chi connectivity index (χ1) is 9.08. The summed E-state index contributed by atoms with van der Waals surface area (Å²) >= 11 is 5.88. The number of carbonyl (C=O) groups excluding carboxylic acids is 1. The highest BCUT2D eigenvalue weighted by molar-refractivity contribution is 6.30. The Morgan fingerprint density at radius 2 is 2.32 bits per heavy atom. The van der Waals surface area contributed by atoms with Gasteiger partial charge in [-0.25, -0.2) is 15.3 Å². The van der Waals surface area contributed by atoms with E-state index in [-0.39, 0.29) is 11.4 Å². The van der Waals surface area contributed by atoms with Crippen LogP contribution in [0.4, 0.5) is 5.69 Å². The molecule has 1 aromatic rings. The molecule has 0 saturated carbocycles. The second-order valence-corrected chi connectivity index (χ2v) is 4.11. The summed E-state index contributed by atoms with van der Waals surface area (Å²) < 4.78 is 5.20. The summed E-state index contributed by atoms with van der Waals surface area (Å²) in [7, 11) is 1.49. The fourth-order valence-corrected chi connectivity index (χ4v) is 1.80. The molecule has 0 radical (unpaired) electrons. The van der Waals surface area contributed by atoms with E-state index in [2.05, 4.69) is 10.7 Å². The van der Waals surface area contributed by atoms with Gasteiger partial charge in [0.15, 0.2) is 5.70 Å². The van der Waals surface area contributed by atoms with Crippen molar-refractivity contribution < 1.29 is 14.4 Å². The monoisotopic (exact) mass is 282 g/mol. The minimum absolute atomic E-state index is 0.121. The number of anilines is 1. The average molecular weight is 283 g/mol. The molecule has 1 saturated heterocycles. The van der Waals surface area contributed by atoms with Gasteiger partial charge in [-0.3, -0.25) is 0 Å². The van der Waals surface area contributed by atoms with Crippen molar-refractivity contribution in [3.8, 4) is 5.75 Å². The van der Waals surface area contributed by atoms with Gasteiger partial charge in [-0.2, -0.15) is 5.11 Å². The lowest BCUT2D eigenvalue weighted by atomic mass is 10.2. The number of hydrazine groups is 1. The fraction of sp³-hybridized carbons (Fsp3) is 0.182.